The number of carbonyl (C=O) groups excluding carboxylic acids is 2. The molecule has 8 nitrogen and oxygen atoms in total. The van der Waals surface area contributed by atoms with Crippen LogP contribution >= 0.6 is 0 Å². The standard InChI is InChI=1S/C24H29N3O5S/c1-32-21-12-11-19(24(29)25-13-6-15-26-14-5-10-23(26)28)17-22(21)33(30,31)27-16-4-8-18-7-2-3-9-20(18)27/h2-3,7,9,11-12,17H,4-6,8,10,13-16H2,1H3,(H,25,29). The van der Waals surface area contributed by atoms with E-state index in [1.165, 1.54) is 23.5 Å². The smallest absolute Gasteiger partial charge is 0.268 e. The summed E-state index contributed by atoms with van der Waals surface area (Å²) in [5.74, 6) is -0.00587. The topological polar surface area (TPSA) is 96.0 Å². The zero-order valence-corrected chi connectivity index (χ0v) is 19.6. The molecule has 2 aliphatic rings. The summed E-state index contributed by atoms with van der Waals surface area (Å²) in [6.07, 6.45) is 3.67. The van der Waals surface area contributed by atoms with Crippen LogP contribution in [0.15, 0.2) is 47.4 Å². The first-order chi connectivity index (χ1) is 15.9. The third kappa shape index (κ3) is 4.83. The molecule has 2 aromatic rings. The van der Waals surface area contributed by atoms with Crippen LogP contribution in [0.3, 0.4) is 0 Å². The number of hydrogen-bond donors (Lipinski definition) is 1. The molecule has 0 saturated carbocycles. The van der Waals surface area contributed by atoms with Crippen molar-refractivity contribution in [3.63, 3.8) is 0 Å². The van der Waals surface area contributed by atoms with Gasteiger partial charge in [0.2, 0.25) is 5.91 Å². The Morgan fingerprint density at radius 1 is 1.09 bits per heavy atom. The number of hydrogen-bond acceptors (Lipinski definition) is 5. The Labute approximate surface area is 194 Å². The largest absolute Gasteiger partial charge is 0.495 e. The predicted molar refractivity (Wildman–Crippen MR) is 125 cm³/mol. The molecular weight excluding hydrogens is 442 g/mol. The van der Waals surface area contributed by atoms with Crippen LogP contribution in [0.5, 0.6) is 5.75 Å². The van der Waals surface area contributed by atoms with Gasteiger partial charge in [-0.05, 0) is 55.5 Å². The first-order valence-corrected chi connectivity index (χ1v) is 12.7. The minimum atomic E-state index is -3.93. The van der Waals surface area contributed by atoms with Crippen LogP contribution in [-0.4, -0.2) is 58.4 Å². The molecule has 0 spiro atoms. The number of anilines is 1. The van der Waals surface area contributed by atoms with Crippen molar-refractivity contribution in [2.24, 2.45) is 0 Å². The van der Waals surface area contributed by atoms with Crippen molar-refractivity contribution in [3.8, 4) is 5.75 Å². The van der Waals surface area contributed by atoms with Gasteiger partial charge in [-0.3, -0.25) is 13.9 Å². The molecule has 0 aliphatic carbocycles. The molecule has 0 radical (unpaired) electrons. The van der Waals surface area contributed by atoms with Gasteiger partial charge < -0.3 is 15.0 Å². The van der Waals surface area contributed by atoms with Crippen LogP contribution in [0, 0.1) is 0 Å². The molecular formula is C24H29N3O5S. The van der Waals surface area contributed by atoms with Crippen LogP contribution in [0.4, 0.5) is 5.69 Å². The maximum atomic E-state index is 13.6. The maximum Gasteiger partial charge on any atom is 0.268 e. The van der Waals surface area contributed by atoms with Gasteiger partial charge in [-0.2, -0.15) is 0 Å². The fraction of sp³-hybridized carbons (Fsp3) is 0.417. The van der Waals surface area contributed by atoms with Gasteiger partial charge in [0.15, 0.2) is 0 Å². The normalized spacial score (nSPS) is 16.0. The monoisotopic (exact) mass is 471 g/mol. The van der Waals surface area contributed by atoms with Gasteiger partial charge in [0.05, 0.1) is 12.8 Å². The van der Waals surface area contributed by atoms with Gasteiger partial charge in [0, 0.05) is 38.2 Å². The SMILES string of the molecule is COc1ccc(C(=O)NCCCN2CCCC2=O)cc1S(=O)(=O)N1CCCc2ccccc21. The molecule has 33 heavy (non-hydrogen) atoms. The van der Waals surface area contributed by atoms with Crippen molar-refractivity contribution >= 4 is 27.5 Å². The van der Waals surface area contributed by atoms with Crippen molar-refractivity contribution in [1.82, 2.24) is 10.2 Å². The summed E-state index contributed by atoms with van der Waals surface area (Å²) in [4.78, 5) is 26.2. The Kier molecular flexibility index (Phi) is 6.88. The number of carbonyl (C=O) groups is 2. The highest BCUT2D eigenvalue weighted by Crippen LogP contribution is 2.35. The van der Waals surface area contributed by atoms with Crippen molar-refractivity contribution in [3.05, 3.63) is 53.6 Å². The molecule has 1 N–H and O–H groups in total. The predicted octanol–water partition coefficient (Wildman–Crippen LogP) is 2.58. The van der Waals surface area contributed by atoms with E-state index in [1.54, 1.807) is 17.0 Å². The number of rotatable bonds is 8. The molecule has 176 valence electrons. The zero-order chi connectivity index (χ0) is 23.4. The molecule has 1 fully saturated rings. The third-order valence-corrected chi connectivity index (χ3v) is 7.96. The van der Waals surface area contributed by atoms with Gasteiger partial charge in [-0.15, -0.1) is 0 Å². The number of nitrogens with one attached hydrogen (secondary N) is 1. The quantitative estimate of drug-likeness (QED) is 0.597. The molecule has 0 unspecified atom stereocenters. The van der Waals surface area contributed by atoms with E-state index < -0.39 is 10.0 Å². The molecule has 2 amide bonds. The molecule has 4 rings (SSSR count). The number of likely N-dealkylation sites (tertiary alicyclic amines) is 1. The number of ether oxygens (including phenoxy) is 1. The van der Waals surface area contributed by atoms with Gasteiger partial charge in [0.25, 0.3) is 15.9 Å². The van der Waals surface area contributed by atoms with Crippen molar-refractivity contribution < 1.29 is 22.7 Å². The molecule has 0 atom stereocenters. The lowest BCUT2D eigenvalue weighted by molar-refractivity contribution is -0.127. The Morgan fingerprint density at radius 3 is 2.64 bits per heavy atom. The third-order valence-electron chi connectivity index (χ3n) is 6.12. The van der Waals surface area contributed by atoms with Crippen LogP contribution < -0.4 is 14.4 Å². The minimum absolute atomic E-state index is 0.0305. The Hall–Kier alpha value is -3.07. The lowest BCUT2D eigenvalue weighted by Crippen LogP contribution is -2.36. The first-order valence-electron chi connectivity index (χ1n) is 11.3. The van der Waals surface area contributed by atoms with Gasteiger partial charge in [-0.1, -0.05) is 18.2 Å². The molecule has 1 saturated heterocycles. The summed E-state index contributed by atoms with van der Waals surface area (Å²) in [6.45, 7) is 2.15. The lowest BCUT2D eigenvalue weighted by Gasteiger charge is -2.31. The second-order valence-electron chi connectivity index (χ2n) is 8.27. The van der Waals surface area contributed by atoms with Crippen LogP contribution in [0.25, 0.3) is 0 Å². The number of amides is 2. The Morgan fingerprint density at radius 2 is 1.88 bits per heavy atom. The number of sulfonamides is 1. The van der Waals surface area contributed by atoms with E-state index in [0.29, 0.717) is 38.2 Å². The van der Waals surface area contributed by atoms with Gasteiger partial charge in [-0.25, -0.2) is 8.42 Å². The highest BCUT2D eigenvalue weighted by molar-refractivity contribution is 7.93. The highest BCUT2D eigenvalue weighted by atomic mass is 32.2. The number of benzene rings is 2. The summed E-state index contributed by atoms with van der Waals surface area (Å²) in [5.41, 5.74) is 1.89. The summed E-state index contributed by atoms with van der Waals surface area (Å²) >= 11 is 0. The van der Waals surface area contributed by atoms with Gasteiger partial charge in [0.1, 0.15) is 10.6 Å². The van der Waals surface area contributed by atoms with E-state index in [-0.39, 0.29) is 28.0 Å². The van der Waals surface area contributed by atoms with Crippen molar-refractivity contribution in [2.75, 3.05) is 37.6 Å². The summed E-state index contributed by atoms with van der Waals surface area (Å²) in [5, 5.41) is 2.82. The minimum Gasteiger partial charge on any atom is -0.495 e. The summed E-state index contributed by atoms with van der Waals surface area (Å²) in [6, 6.07) is 11.9. The maximum absolute atomic E-state index is 13.6. The molecule has 2 heterocycles. The van der Waals surface area contributed by atoms with Gasteiger partial charge >= 0.3 is 0 Å². The summed E-state index contributed by atoms with van der Waals surface area (Å²) < 4.78 is 34.0. The average molecular weight is 472 g/mol. The number of methoxy groups -OCH3 is 1. The van der Waals surface area contributed by atoms with E-state index >= 15 is 0 Å². The van der Waals surface area contributed by atoms with E-state index in [2.05, 4.69) is 5.32 Å². The Balaban J connectivity index is 1.51. The number of para-hydroxylation sites is 1. The van der Waals surface area contributed by atoms with Crippen molar-refractivity contribution in [2.45, 2.75) is 37.0 Å². The molecule has 9 heteroatoms. The first kappa shape index (κ1) is 23.1. The summed E-state index contributed by atoms with van der Waals surface area (Å²) in [7, 11) is -2.52. The average Bonchev–Trinajstić information content (AvgIpc) is 3.25. The Bertz CT molecular complexity index is 1150. The molecule has 2 aliphatic heterocycles. The molecule has 0 bridgehead atoms. The number of fused-ring (bicyclic) bond motifs is 1. The number of aryl methyl sites for hydroxylation is 1. The molecule has 2 aromatic carbocycles. The van der Waals surface area contributed by atoms with Crippen LogP contribution in [-0.2, 0) is 21.2 Å². The van der Waals surface area contributed by atoms with E-state index in [1.807, 2.05) is 18.2 Å². The van der Waals surface area contributed by atoms with E-state index in [9.17, 15) is 18.0 Å². The second-order valence-corrected chi connectivity index (χ2v) is 10.1. The van der Waals surface area contributed by atoms with E-state index in [0.717, 1.165) is 31.4 Å². The van der Waals surface area contributed by atoms with Crippen LogP contribution in [0.2, 0.25) is 0 Å². The van der Waals surface area contributed by atoms with E-state index in [4.69, 9.17) is 4.74 Å². The fourth-order valence-corrected chi connectivity index (χ4v) is 6.13. The second kappa shape index (κ2) is 9.82. The fourth-order valence-electron chi connectivity index (χ4n) is 4.40. The van der Waals surface area contributed by atoms with Crippen molar-refractivity contribution in [1.29, 1.82) is 0 Å². The highest BCUT2D eigenvalue weighted by Gasteiger charge is 2.32. The van der Waals surface area contributed by atoms with Crippen LogP contribution in [0.1, 0.15) is 41.6 Å². The molecule has 0 aromatic heterocycles. The number of nitrogens with zero attached hydrogens (tertiary/aromatic N) is 2. The zero-order valence-electron chi connectivity index (χ0n) is 18.7. The lowest BCUT2D eigenvalue weighted by atomic mass is 10.0.